The van der Waals surface area contributed by atoms with Gasteiger partial charge in [-0.05, 0) is 42.9 Å². The molecule has 0 heterocycles. The average Bonchev–Trinajstić information content (AvgIpc) is 2.83. The molecule has 1 rings (SSSR count). The number of benzene rings is 1. The van der Waals surface area contributed by atoms with Crippen LogP contribution in [0.25, 0.3) is 0 Å². The molecule has 1 atom stereocenters. The normalized spacial score (nSPS) is 12.7. The van der Waals surface area contributed by atoms with E-state index < -0.39 is 10.1 Å². The van der Waals surface area contributed by atoms with Crippen molar-refractivity contribution in [2.75, 3.05) is 27.7 Å². The van der Waals surface area contributed by atoms with E-state index in [2.05, 4.69) is 41.9 Å². The zero-order valence-electron chi connectivity index (χ0n) is 25.4. The van der Waals surface area contributed by atoms with Crippen molar-refractivity contribution in [1.82, 2.24) is 0 Å². The molecule has 1 N–H and O–H groups in total. The third-order valence-electron chi connectivity index (χ3n) is 7.15. The molecule has 218 valence electrons. The Bertz CT molecular complexity index is 738. The molecule has 1 unspecified atom stereocenters. The Morgan fingerprint density at radius 2 is 1.03 bits per heavy atom. The summed E-state index contributed by atoms with van der Waals surface area (Å²) in [5.41, 5.74) is 1.10. The summed E-state index contributed by atoms with van der Waals surface area (Å²) < 4.78 is 31.5. The molecule has 1 aromatic rings. The number of unbranched alkanes of at least 4 members (excludes halogenated alkanes) is 15. The first-order valence-electron chi connectivity index (χ1n) is 15.4. The third-order valence-corrected chi connectivity index (χ3v) is 8.02. The van der Waals surface area contributed by atoms with Crippen LogP contribution >= 0.6 is 0 Å². The van der Waals surface area contributed by atoms with E-state index >= 15 is 0 Å². The Kier molecular flexibility index (Phi) is 21.4. The Hall–Kier alpha value is -0.910. The lowest BCUT2D eigenvalue weighted by atomic mass is 9.97. The summed E-state index contributed by atoms with van der Waals surface area (Å²) in [6, 6.07) is 6.39. The first-order valence-corrected chi connectivity index (χ1v) is 16.8. The van der Waals surface area contributed by atoms with Gasteiger partial charge in [0.15, 0.2) is 0 Å². The lowest BCUT2D eigenvalue weighted by molar-refractivity contribution is -0.870. The van der Waals surface area contributed by atoms with Gasteiger partial charge in [-0.15, -0.1) is 0 Å². The van der Waals surface area contributed by atoms with Crippen molar-refractivity contribution in [2.24, 2.45) is 0 Å². The summed E-state index contributed by atoms with van der Waals surface area (Å²) in [6.07, 6.45) is 25.5. The van der Waals surface area contributed by atoms with Crippen LogP contribution in [0.1, 0.15) is 148 Å². The lowest BCUT2D eigenvalue weighted by Crippen LogP contribution is -2.35. The van der Waals surface area contributed by atoms with Crippen molar-refractivity contribution in [1.29, 1.82) is 0 Å². The Morgan fingerprint density at radius 3 is 1.35 bits per heavy atom. The first kappa shape index (κ1) is 36.1. The highest BCUT2D eigenvalue weighted by atomic mass is 32.2. The van der Waals surface area contributed by atoms with Crippen molar-refractivity contribution >= 4 is 10.1 Å². The predicted molar refractivity (Wildman–Crippen MR) is 162 cm³/mol. The van der Waals surface area contributed by atoms with E-state index in [9.17, 15) is 8.42 Å². The summed E-state index contributed by atoms with van der Waals surface area (Å²) in [4.78, 5) is -0.0463. The molecule has 5 heteroatoms. The van der Waals surface area contributed by atoms with Crippen LogP contribution in [0.5, 0.6) is 0 Å². The maximum atomic E-state index is 10.8. The zero-order chi connectivity index (χ0) is 28.0. The fourth-order valence-corrected chi connectivity index (χ4v) is 5.18. The highest BCUT2D eigenvalue weighted by Crippen LogP contribution is 2.22. The molecule has 37 heavy (non-hydrogen) atoms. The average molecular weight is 541 g/mol. The molecule has 0 radical (unpaired) electrons. The smallest absolute Gasteiger partial charge is 0.294 e. The molecule has 0 spiro atoms. The fraction of sp³-hybridized carbons (Fsp3) is 0.812. The molecule has 0 aromatic heterocycles. The second kappa shape index (κ2) is 22.0. The number of hydrogen-bond donors (Lipinski definition) is 1. The topological polar surface area (TPSA) is 54.4 Å². The molecule has 4 nitrogen and oxygen atoms in total. The Labute approximate surface area is 232 Å². The molecule has 0 saturated carbocycles. The van der Waals surface area contributed by atoms with Crippen LogP contribution in [-0.2, 0) is 10.1 Å². The van der Waals surface area contributed by atoms with Gasteiger partial charge in [-0.1, -0.05) is 129 Å². The van der Waals surface area contributed by atoms with Crippen LogP contribution in [0.3, 0.4) is 0 Å². The number of hydrogen-bond acceptors (Lipinski definition) is 2. The first-order chi connectivity index (χ1) is 17.5. The fourth-order valence-electron chi connectivity index (χ4n) is 4.70. The second-order valence-electron chi connectivity index (χ2n) is 12.1. The van der Waals surface area contributed by atoms with Crippen LogP contribution in [0, 0.1) is 0 Å². The molecule has 0 aliphatic rings. The lowest BCUT2D eigenvalue weighted by Gasteiger charge is -2.23. The molecule has 0 fully saturated rings. The molecular weight excluding hydrogens is 478 g/mol. The summed E-state index contributed by atoms with van der Waals surface area (Å²) >= 11 is 0. The van der Waals surface area contributed by atoms with E-state index in [-0.39, 0.29) is 4.90 Å². The van der Waals surface area contributed by atoms with Gasteiger partial charge in [0.2, 0.25) is 0 Å². The highest BCUT2D eigenvalue weighted by Gasteiger charge is 2.10. The molecular formula is C32H62NO3S+. The zero-order valence-corrected chi connectivity index (χ0v) is 26.3. The minimum absolute atomic E-state index is 0.0463. The van der Waals surface area contributed by atoms with Crippen LogP contribution in [0.4, 0.5) is 0 Å². The van der Waals surface area contributed by atoms with Crippen molar-refractivity contribution in [3.05, 3.63) is 29.8 Å². The summed E-state index contributed by atoms with van der Waals surface area (Å²) in [6.45, 7) is 7.85. The van der Waals surface area contributed by atoms with Gasteiger partial charge in [-0.3, -0.25) is 4.55 Å². The van der Waals surface area contributed by atoms with Gasteiger partial charge >= 0.3 is 0 Å². The molecule has 0 aliphatic carbocycles. The highest BCUT2D eigenvalue weighted by molar-refractivity contribution is 7.85. The second-order valence-corrected chi connectivity index (χ2v) is 13.5. The minimum Gasteiger partial charge on any atom is -0.331 e. The largest absolute Gasteiger partial charge is 0.331 e. The van der Waals surface area contributed by atoms with E-state index in [0.29, 0.717) is 5.92 Å². The standard InChI is InChI=1S/C21H46N.C11H16O3S/c1-5-6-7-8-9-10-11-12-13-14-15-16-17-18-19-20-21-22(2,3)4;1-3-4-9(2)10-5-7-11(8-6-10)15(12,13)14/h5-21H2,1-4H3;5-9H,3-4H2,1-2H3,(H,12,13,14)/q+1;. The summed E-state index contributed by atoms with van der Waals surface area (Å²) in [7, 11) is 2.83. The molecule has 0 saturated heterocycles. The van der Waals surface area contributed by atoms with Crippen molar-refractivity contribution in [3.63, 3.8) is 0 Å². The SMILES string of the molecule is CCCC(C)c1ccc(S(=O)(=O)O)cc1.CCCCCCCCCCCCCCCCCC[N+](C)(C)C. The van der Waals surface area contributed by atoms with Gasteiger partial charge < -0.3 is 4.48 Å². The third kappa shape index (κ3) is 22.8. The van der Waals surface area contributed by atoms with Gasteiger partial charge in [0, 0.05) is 0 Å². The molecule has 1 aromatic carbocycles. The summed E-state index contributed by atoms with van der Waals surface area (Å²) in [5, 5.41) is 0. The van der Waals surface area contributed by atoms with E-state index in [1.807, 2.05) is 0 Å². The monoisotopic (exact) mass is 540 g/mol. The van der Waals surface area contributed by atoms with Crippen molar-refractivity contribution in [3.8, 4) is 0 Å². The van der Waals surface area contributed by atoms with Gasteiger partial charge in [0.05, 0.1) is 32.6 Å². The number of rotatable bonds is 21. The maximum Gasteiger partial charge on any atom is 0.294 e. The predicted octanol–water partition coefficient (Wildman–Crippen LogP) is 9.79. The van der Waals surface area contributed by atoms with Gasteiger partial charge in [-0.2, -0.15) is 8.42 Å². The minimum atomic E-state index is -4.06. The van der Waals surface area contributed by atoms with Crippen LogP contribution < -0.4 is 0 Å². The summed E-state index contributed by atoms with van der Waals surface area (Å²) in [5.74, 6) is 0.422. The Balaban J connectivity index is 0.000000749. The van der Waals surface area contributed by atoms with Crippen molar-refractivity contribution < 1.29 is 17.5 Å². The maximum absolute atomic E-state index is 10.8. The van der Waals surface area contributed by atoms with E-state index in [1.165, 1.54) is 121 Å². The molecule has 0 aliphatic heterocycles. The van der Waals surface area contributed by atoms with Gasteiger partial charge in [-0.25, -0.2) is 0 Å². The number of quaternary nitrogens is 1. The van der Waals surface area contributed by atoms with Gasteiger partial charge in [0.25, 0.3) is 10.1 Å². The van der Waals surface area contributed by atoms with Crippen LogP contribution in [0.15, 0.2) is 29.2 Å². The Morgan fingerprint density at radius 1 is 0.649 bits per heavy atom. The van der Waals surface area contributed by atoms with Crippen LogP contribution in [-0.4, -0.2) is 45.1 Å². The van der Waals surface area contributed by atoms with E-state index in [0.717, 1.165) is 22.9 Å². The van der Waals surface area contributed by atoms with Crippen LogP contribution in [0.2, 0.25) is 0 Å². The van der Waals surface area contributed by atoms with E-state index in [1.54, 1.807) is 12.1 Å². The molecule has 0 bridgehead atoms. The quantitative estimate of drug-likeness (QED) is 0.0959. The van der Waals surface area contributed by atoms with E-state index in [4.69, 9.17) is 4.55 Å². The number of nitrogens with zero attached hydrogens (tertiary/aromatic N) is 1. The van der Waals surface area contributed by atoms with Crippen molar-refractivity contribution in [2.45, 2.75) is 147 Å². The van der Waals surface area contributed by atoms with Gasteiger partial charge in [0.1, 0.15) is 0 Å². The molecule has 0 amide bonds.